The molecule has 2 aromatic carbocycles. The van der Waals surface area contributed by atoms with E-state index in [1.807, 2.05) is 16.7 Å². The van der Waals surface area contributed by atoms with Crippen molar-refractivity contribution in [3.05, 3.63) is 70.3 Å². The molecule has 0 aliphatic carbocycles. The van der Waals surface area contributed by atoms with E-state index >= 15 is 0 Å². The summed E-state index contributed by atoms with van der Waals surface area (Å²) in [4.78, 5) is 18.3. The average molecular weight is 702 g/mol. The number of amides is 1. The Balaban J connectivity index is 0.00000705. The van der Waals surface area contributed by atoms with Crippen molar-refractivity contribution in [3.63, 3.8) is 0 Å². The zero-order chi connectivity index (χ0) is 31.8. The molecule has 3 rings (SSSR count). The van der Waals surface area contributed by atoms with Gasteiger partial charge in [0.25, 0.3) is 0 Å². The molecular weight excluding hydrogens is 640 g/mol. The highest BCUT2D eigenvalue weighted by atomic mass is 79.9. The first-order valence-electron chi connectivity index (χ1n) is 17.4. The predicted octanol–water partition coefficient (Wildman–Crippen LogP) is 11.6. The minimum absolute atomic E-state index is 0. The Labute approximate surface area is 290 Å². The fourth-order valence-corrected chi connectivity index (χ4v) is 6.72. The molecule has 0 saturated heterocycles. The van der Waals surface area contributed by atoms with Crippen LogP contribution in [0.5, 0.6) is 5.75 Å². The lowest BCUT2D eigenvalue weighted by Crippen LogP contribution is -2.30. The molecule has 6 heteroatoms. The van der Waals surface area contributed by atoms with Gasteiger partial charge in [-0.1, -0.05) is 123 Å². The van der Waals surface area contributed by atoms with Crippen molar-refractivity contribution < 1.29 is 9.53 Å². The van der Waals surface area contributed by atoms with E-state index in [0.717, 1.165) is 43.3 Å². The summed E-state index contributed by atoms with van der Waals surface area (Å²) in [6.07, 6.45) is 19.2. The quantitative estimate of drug-likeness (QED) is 0.129. The minimum atomic E-state index is 0. The van der Waals surface area contributed by atoms with Crippen LogP contribution in [0.4, 0.5) is 5.69 Å². The molecule has 0 atom stereocenters. The molecular formula is C39H61BrN2O2S. The first-order valence-corrected chi connectivity index (χ1v) is 18.3. The molecule has 0 saturated carbocycles. The molecule has 0 unspecified atom stereocenters. The van der Waals surface area contributed by atoms with E-state index in [4.69, 9.17) is 4.74 Å². The number of unbranched alkanes of at least 4 members (excludes halogenated alkanes) is 11. The summed E-state index contributed by atoms with van der Waals surface area (Å²) in [6, 6.07) is 15.1. The number of thioether (sulfide) groups is 1. The zero-order valence-corrected chi connectivity index (χ0v) is 31.7. The minimum Gasteiger partial charge on any atom is -0.493 e. The number of hydrogen-bond donors (Lipinski definition) is 0. The van der Waals surface area contributed by atoms with E-state index in [-0.39, 0.29) is 28.3 Å². The van der Waals surface area contributed by atoms with Gasteiger partial charge in [0, 0.05) is 31.9 Å². The second kappa shape index (κ2) is 21.1. The van der Waals surface area contributed by atoms with Gasteiger partial charge in [0.05, 0.1) is 12.5 Å². The molecule has 0 fully saturated rings. The van der Waals surface area contributed by atoms with Gasteiger partial charge in [0.2, 0.25) is 5.91 Å². The maximum atomic E-state index is 12.7. The number of carbonyl (C=O) groups excluding carboxylic acids is 1. The van der Waals surface area contributed by atoms with Gasteiger partial charge in [-0.2, -0.15) is 0 Å². The fourth-order valence-electron chi connectivity index (χ4n) is 5.96. The third-order valence-corrected chi connectivity index (χ3v) is 9.57. The molecule has 1 heterocycles. The lowest BCUT2D eigenvalue weighted by molar-refractivity contribution is -0.116. The van der Waals surface area contributed by atoms with Gasteiger partial charge in [-0.15, -0.1) is 28.7 Å². The standard InChI is InChI=1S/C39H60N2O2S.BrH/c1-7-8-9-10-11-12-13-14-15-16-17-18-26-43-38-28-34(22-23-37(38)39(4,5)6)24-25-41(33(3)42)36-21-19-20-35(27-36)30-40-29-32(2)44-31-40;/h19-23,27-29H,7-18,24-26,30-31H2,1-6H3;1H. The number of halogens is 1. The molecule has 0 bridgehead atoms. The van der Waals surface area contributed by atoms with Crippen LogP contribution in [0.3, 0.4) is 0 Å². The van der Waals surface area contributed by atoms with Crippen LogP contribution in [-0.2, 0) is 23.2 Å². The van der Waals surface area contributed by atoms with E-state index in [1.165, 1.54) is 92.2 Å². The van der Waals surface area contributed by atoms with Crippen LogP contribution in [0.2, 0.25) is 0 Å². The van der Waals surface area contributed by atoms with Crippen LogP contribution in [0.15, 0.2) is 53.6 Å². The summed E-state index contributed by atoms with van der Waals surface area (Å²) < 4.78 is 6.43. The van der Waals surface area contributed by atoms with Crippen molar-refractivity contribution in [1.82, 2.24) is 4.90 Å². The Hall–Kier alpha value is -1.92. The normalized spacial score (nSPS) is 13.0. The number of benzene rings is 2. The van der Waals surface area contributed by atoms with Crippen LogP contribution in [0.1, 0.15) is 135 Å². The lowest BCUT2D eigenvalue weighted by Gasteiger charge is -2.25. The number of nitrogens with zero attached hydrogens (tertiary/aromatic N) is 2. The second-order valence-electron chi connectivity index (χ2n) is 13.7. The van der Waals surface area contributed by atoms with Gasteiger partial charge < -0.3 is 14.5 Å². The van der Waals surface area contributed by atoms with Crippen molar-refractivity contribution in [2.24, 2.45) is 0 Å². The van der Waals surface area contributed by atoms with Gasteiger partial charge in [-0.25, -0.2) is 0 Å². The largest absolute Gasteiger partial charge is 0.493 e. The maximum Gasteiger partial charge on any atom is 0.223 e. The van der Waals surface area contributed by atoms with E-state index in [9.17, 15) is 4.79 Å². The molecule has 1 amide bonds. The third-order valence-electron chi connectivity index (χ3n) is 8.54. The van der Waals surface area contributed by atoms with Crippen LogP contribution in [0.25, 0.3) is 0 Å². The monoisotopic (exact) mass is 700 g/mol. The van der Waals surface area contributed by atoms with Crippen molar-refractivity contribution in [2.45, 2.75) is 137 Å². The van der Waals surface area contributed by atoms with Crippen molar-refractivity contribution >= 4 is 40.3 Å². The average Bonchev–Trinajstić information content (AvgIpc) is 3.39. The number of allylic oxidation sites excluding steroid dienone is 1. The number of rotatable bonds is 20. The molecule has 0 radical (unpaired) electrons. The molecule has 4 nitrogen and oxygen atoms in total. The van der Waals surface area contributed by atoms with Crippen LogP contribution < -0.4 is 9.64 Å². The van der Waals surface area contributed by atoms with Crippen molar-refractivity contribution in [2.75, 3.05) is 23.9 Å². The summed E-state index contributed by atoms with van der Waals surface area (Å²) in [6.45, 7) is 15.1. The zero-order valence-electron chi connectivity index (χ0n) is 29.2. The van der Waals surface area contributed by atoms with Crippen molar-refractivity contribution in [3.8, 4) is 5.75 Å². The molecule has 0 spiro atoms. The first kappa shape index (κ1) is 39.3. The summed E-state index contributed by atoms with van der Waals surface area (Å²) >= 11 is 1.87. The maximum absolute atomic E-state index is 12.7. The molecule has 252 valence electrons. The molecule has 0 aromatic heterocycles. The summed E-state index contributed by atoms with van der Waals surface area (Å²) in [5, 5.41) is 0. The summed E-state index contributed by atoms with van der Waals surface area (Å²) in [7, 11) is 0. The smallest absolute Gasteiger partial charge is 0.223 e. The Bertz CT molecular complexity index is 1180. The van der Waals surface area contributed by atoms with Gasteiger partial charge >= 0.3 is 0 Å². The molecule has 2 aromatic rings. The summed E-state index contributed by atoms with van der Waals surface area (Å²) in [5.74, 6) is 2.06. The number of anilines is 1. The van der Waals surface area contributed by atoms with E-state index < -0.39 is 0 Å². The predicted molar refractivity (Wildman–Crippen MR) is 202 cm³/mol. The van der Waals surface area contributed by atoms with Crippen molar-refractivity contribution in [1.29, 1.82) is 0 Å². The molecule has 45 heavy (non-hydrogen) atoms. The Kier molecular flexibility index (Phi) is 18.4. The number of ether oxygens (including phenoxy) is 1. The van der Waals surface area contributed by atoms with E-state index in [1.54, 1.807) is 6.92 Å². The second-order valence-corrected chi connectivity index (χ2v) is 14.9. The van der Waals surface area contributed by atoms with E-state index in [0.29, 0.717) is 6.54 Å². The Morgan fingerprint density at radius 3 is 2.11 bits per heavy atom. The summed E-state index contributed by atoms with van der Waals surface area (Å²) in [5.41, 5.74) is 4.67. The van der Waals surface area contributed by atoms with Crippen LogP contribution in [-0.4, -0.2) is 29.8 Å². The third kappa shape index (κ3) is 14.6. The Morgan fingerprint density at radius 2 is 1.53 bits per heavy atom. The van der Waals surface area contributed by atoms with Crippen LogP contribution >= 0.6 is 28.7 Å². The lowest BCUT2D eigenvalue weighted by atomic mass is 9.85. The van der Waals surface area contributed by atoms with Gasteiger partial charge in [0.15, 0.2) is 0 Å². The van der Waals surface area contributed by atoms with Gasteiger partial charge in [-0.3, -0.25) is 4.79 Å². The fraction of sp³-hybridized carbons (Fsp3) is 0.615. The molecule has 1 aliphatic rings. The molecule has 1 aliphatic heterocycles. The highest BCUT2D eigenvalue weighted by molar-refractivity contribution is 8.93. The van der Waals surface area contributed by atoms with E-state index in [2.05, 4.69) is 88.2 Å². The highest BCUT2D eigenvalue weighted by Crippen LogP contribution is 2.33. The number of hydrogen-bond acceptors (Lipinski definition) is 4. The Morgan fingerprint density at radius 1 is 0.889 bits per heavy atom. The van der Waals surface area contributed by atoms with Gasteiger partial charge in [0.1, 0.15) is 5.75 Å². The topological polar surface area (TPSA) is 32.8 Å². The number of carbonyl (C=O) groups is 1. The SMILES string of the molecule is Br.CCCCCCCCCCCCCCOc1cc(CCN(C(C)=O)c2cccc(CN3C=C(C)SC3)c2)ccc1C(C)(C)C. The highest BCUT2D eigenvalue weighted by Gasteiger charge is 2.20. The molecule has 0 N–H and O–H groups in total. The van der Waals surface area contributed by atoms with Gasteiger partial charge in [-0.05, 0) is 65.0 Å². The first-order chi connectivity index (χ1) is 21.2. The van der Waals surface area contributed by atoms with Crippen LogP contribution in [0, 0.1) is 0 Å².